The molecule has 2 heteroatoms. The lowest BCUT2D eigenvalue weighted by Crippen LogP contribution is -1.95. The molecule has 0 aromatic carbocycles. The zero-order valence-corrected chi connectivity index (χ0v) is 15.6. The average molecular weight is 322 g/mol. The van der Waals surface area contributed by atoms with Crippen molar-refractivity contribution in [1.82, 2.24) is 0 Å². The van der Waals surface area contributed by atoms with Crippen LogP contribution in [0, 0.1) is 11.8 Å². The van der Waals surface area contributed by atoms with Gasteiger partial charge in [0.25, 0.3) is 0 Å². The van der Waals surface area contributed by atoms with Crippen LogP contribution in [0.15, 0.2) is 59.3 Å². The Morgan fingerprint density at radius 1 is 0.870 bits per heavy atom. The third kappa shape index (κ3) is 7.58. The van der Waals surface area contributed by atoms with Crippen molar-refractivity contribution in [3.05, 3.63) is 59.3 Å². The highest BCUT2D eigenvalue weighted by molar-refractivity contribution is 5.49. The summed E-state index contributed by atoms with van der Waals surface area (Å²) < 4.78 is 28.6. The van der Waals surface area contributed by atoms with E-state index in [0.29, 0.717) is 23.0 Å². The molecule has 0 radical (unpaired) electrons. The highest BCUT2D eigenvalue weighted by Crippen LogP contribution is 2.30. The van der Waals surface area contributed by atoms with E-state index in [1.54, 1.807) is 13.8 Å². The van der Waals surface area contributed by atoms with Gasteiger partial charge in [-0.05, 0) is 49.7 Å². The molecule has 1 atom stereocenters. The fraction of sp³-hybridized carbons (Fsp3) is 0.524. The molecule has 0 aliphatic rings. The van der Waals surface area contributed by atoms with Crippen LogP contribution >= 0.6 is 0 Å². The highest BCUT2D eigenvalue weighted by Gasteiger charge is 2.15. The molecule has 0 aliphatic carbocycles. The van der Waals surface area contributed by atoms with Crippen LogP contribution in [0.2, 0.25) is 0 Å². The second-order valence-electron chi connectivity index (χ2n) is 6.74. The van der Waals surface area contributed by atoms with Crippen LogP contribution in [0.3, 0.4) is 0 Å². The Labute approximate surface area is 141 Å². The number of halogens is 2. The Hall–Kier alpha value is -1.44. The van der Waals surface area contributed by atoms with Crippen molar-refractivity contribution in [2.75, 3.05) is 0 Å². The van der Waals surface area contributed by atoms with Gasteiger partial charge >= 0.3 is 0 Å². The maximum atomic E-state index is 14.3. The van der Waals surface area contributed by atoms with Crippen molar-refractivity contribution in [1.29, 1.82) is 0 Å². The molecular formula is C21H32F2. The zero-order valence-electron chi connectivity index (χ0n) is 15.6. The first-order valence-electron chi connectivity index (χ1n) is 8.39. The molecule has 23 heavy (non-hydrogen) atoms. The first-order valence-corrected chi connectivity index (χ1v) is 8.39. The summed E-state index contributed by atoms with van der Waals surface area (Å²) in [6.45, 7) is 19.3. The van der Waals surface area contributed by atoms with E-state index >= 15 is 0 Å². The lowest BCUT2D eigenvalue weighted by Gasteiger charge is -2.10. The van der Waals surface area contributed by atoms with Crippen molar-refractivity contribution in [3.8, 4) is 0 Å². The van der Waals surface area contributed by atoms with Gasteiger partial charge in [-0.2, -0.15) is 0 Å². The Morgan fingerprint density at radius 2 is 1.26 bits per heavy atom. The molecule has 130 valence electrons. The van der Waals surface area contributed by atoms with E-state index in [1.165, 1.54) is 0 Å². The molecule has 0 saturated heterocycles. The fourth-order valence-corrected chi connectivity index (χ4v) is 1.81. The standard InChI is InChI=1S/C21H32F2/c1-9-15(4)11-13-17(6)19(8)21(23)20(22)18(7)16(5)12-10-14(2)3/h12-15H,7-11H2,1-6H3/b16-12+,17-13+,21-20-. The molecule has 0 N–H and O–H groups in total. The molecule has 0 heterocycles. The normalized spacial score (nSPS) is 15.5. The Bertz CT molecular complexity index is 516. The van der Waals surface area contributed by atoms with Crippen LogP contribution < -0.4 is 0 Å². The average Bonchev–Trinajstić information content (AvgIpc) is 2.53. The fourth-order valence-electron chi connectivity index (χ4n) is 1.81. The van der Waals surface area contributed by atoms with Gasteiger partial charge in [-0.1, -0.05) is 59.4 Å². The van der Waals surface area contributed by atoms with Crippen LogP contribution in [-0.2, 0) is 0 Å². The van der Waals surface area contributed by atoms with E-state index in [2.05, 4.69) is 40.9 Å². The predicted molar refractivity (Wildman–Crippen MR) is 98.6 cm³/mol. The quantitative estimate of drug-likeness (QED) is 0.383. The van der Waals surface area contributed by atoms with E-state index in [9.17, 15) is 8.78 Å². The first-order chi connectivity index (χ1) is 10.6. The Kier molecular flexibility index (Phi) is 9.71. The van der Waals surface area contributed by atoms with Gasteiger partial charge in [0.05, 0.1) is 0 Å². The van der Waals surface area contributed by atoms with Crippen LogP contribution in [0.25, 0.3) is 0 Å². The number of rotatable bonds is 9. The third-order valence-electron chi connectivity index (χ3n) is 4.09. The molecule has 0 aromatic rings. The van der Waals surface area contributed by atoms with Crippen molar-refractivity contribution < 1.29 is 8.78 Å². The third-order valence-corrected chi connectivity index (χ3v) is 4.09. The minimum atomic E-state index is -0.913. The van der Waals surface area contributed by atoms with E-state index < -0.39 is 11.7 Å². The summed E-state index contributed by atoms with van der Waals surface area (Å²) in [4.78, 5) is 0. The lowest BCUT2D eigenvalue weighted by atomic mass is 9.98. The van der Waals surface area contributed by atoms with E-state index in [1.807, 2.05) is 12.2 Å². The molecular weight excluding hydrogens is 290 g/mol. The molecule has 0 bridgehead atoms. The van der Waals surface area contributed by atoms with Gasteiger partial charge in [0, 0.05) is 11.1 Å². The van der Waals surface area contributed by atoms with Crippen molar-refractivity contribution in [3.63, 3.8) is 0 Å². The van der Waals surface area contributed by atoms with Gasteiger partial charge in [0.1, 0.15) is 0 Å². The SMILES string of the molecule is C=C(/C(F)=C(/F)C(=C)/C(C)=C/CC(C)CC)/C(C)=C/CC(C)C. The molecule has 0 aliphatic heterocycles. The first kappa shape index (κ1) is 21.6. The van der Waals surface area contributed by atoms with E-state index in [0.717, 1.165) is 19.3 Å². The monoisotopic (exact) mass is 322 g/mol. The Balaban J connectivity index is 5.17. The summed E-state index contributed by atoms with van der Waals surface area (Å²) in [5, 5.41) is 0. The van der Waals surface area contributed by atoms with Crippen molar-refractivity contribution in [2.24, 2.45) is 11.8 Å². The smallest absolute Gasteiger partial charge is 0.166 e. The minimum Gasteiger partial charge on any atom is -0.203 e. The van der Waals surface area contributed by atoms with Crippen LogP contribution in [0.4, 0.5) is 8.78 Å². The van der Waals surface area contributed by atoms with Gasteiger partial charge < -0.3 is 0 Å². The molecule has 0 fully saturated rings. The minimum absolute atomic E-state index is 0.0963. The molecule has 0 spiro atoms. The largest absolute Gasteiger partial charge is 0.203 e. The lowest BCUT2D eigenvalue weighted by molar-refractivity contribution is 0.556. The maximum Gasteiger partial charge on any atom is 0.166 e. The number of allylic oxidation sites excluding steroid dienone is 8. The predicted octanol–water partition coefficient (Wildman–Crippen LogP) is 7.62. The summed E-state index contributed by atoms with van der Waals surface area (Å²) in [6.07, 6.45) is 6.53. The van der Waals surface area contributed by atoms with E-state index in [-0.39, 0.29) is 11.1 Å². The van der Waals surface area contributed by atoms with Crippen molar-refractivity contribution >= 4 is 0 Å². The van der Waals surface area contributed by atoms with Gasteiger partial charge in [-0.3, -0.25) is 0 Å². The highest BCUT2D eigenvalue weighted by atomic mass is 19.2. The summed E-state index contributed by atoms with van der Waals surface area (Å²) in [7, 11) is 0. The molecule has 1 unspecified atom stereocenters. The van der Waals surface area contributed by atoms with Gasteiger partial charge in [-0.15, -0.1) is 0 Å². The zero-order chi connectivity index (χ0) is 18.2. The van der Waals surface area contributed by atoms with Crippen LogP contribution in [0.5, 0.6) is 0 Å². The number of hydrogen-bond acceptors (Lipinski definition) is 0. The maximum absolute atomic E-state index is 14.3. The summed E-state index contributed by atoms with van der Waals surface area (Å²) in [5.41, 5.74) is 1.54. The van der Waals surface area contributed by atoms with Gasteiger partial charge in [0.15, 0.2) is 11.7 Å². The molecule has 0 rings (SSSR count). The van der Waals surface area contributed by atoms with Gasteiger partial charge in [-0.25, -0.2) is 8.78 Å². The molecule has 0 aromatic heterocycles. The van der Waals surface area contributed by atoms with Crippen molar-refractivity contribution in [2.45, 2.75) is 60.8 Å². The van der Waals surface area contributed by atoms with Crippen LogP contribution in [0.1, 0.15) is 60.8 Å². The molecule has 0 amide bonds. The second-order valence-corrected chi connectivity index (χ2v) is 6.74. The molecule has 0 saturated carbocycles. The molecule has 0 nitrogen and oxygen atoms in total. The topological polar surface area (TPSA) is 0 Å². The second kappa shape index (κ2) is 10.4. The summed E-state index contributed by atoms with van der Waals surface area (Å²) in [6, 6.07) is 0. The Morgan fingerprint density at radius 3 is 1.61 bits per heavy atom. The summed E-state index contributed by atoms with van der Waals surface area (Å²) in [5.74, 6) is -0.838. The van der Waals surface area contributed by atoms with E-state index in [4.69, 9.17) is 0 Å². The summed E-state index contributed by atoms with van der Waals surface area (Å²) >= 11 is 0. The number of hydrogen-bond donors (Lipinski definition) is 0. The van der Waals surface area contributed by atoms with Gasteiger partial charge in [0.2, 0.25) is 0 Å². The van der Waals surface area contributed by atoms with Crippen LogP contribution in [-0.4, -0.2) is 0 Å².